The number of benzene rings is 4. The summed E-state index contributed by atoms with van der Waals surface area (Å²) in [4.78, 5) is 44.2. The fraction of sp³-hybridized carbons (Fsp3) is 0.216. The van der Waals surface area contributed by atoms with Crippen molar-refractivity contribution in [1.29, 1.82) is 0 Å². The van der Waals surface area contributed by atoms with Gasteiger partial charge in [0.2, 0.25) is 0 Å². The highest BCUT2D eigenvalue weighted by Crippen LogP contribution is 2.50. The molecule has 0 aromatic heterocycles. The molecular formula is C37H33N3O4. The molecule has 3 aliphatic rings. The lowest BCUT2D eigenvalue weighted by Crippen LogP contribution is -2.54. The summed E-state index contributed by atoms with van der Waals surface area (Å²) in [5, 5.41) is 2.41. The minimum atomic E-state index is -0.751. The highest BCUT2D eigenvalue weighted by molar-refractivity contribution is 6.39. The molecule has 0 spiro atoms. The molecule has 0 aliphatic carbocycles. The van der Waals surface area contributed by atoms with Gasteiger partial charge in [-0.05, 0) is 66.3 Å². The van der Waals surface area contributed by atoms with Gasteiger partial charge in [0.15, 0.2) is 0 Å². The van der Waals surface area contributed by atoms with Crippen molar-refractivity contribution in [2.75, 3.05) is 29.5 Å². The Balaban J connectivity index is 1.39. The van der Waals surface area contributed by atoms with Gasteiger partial charge in [-0.25, -0.2) is 9.69 Å². The van der Waals surface area contributed by atoms with Crippen LogP contribution in [0, 0.1) is 0 Å². The van der Waals surface area contributed by atoms with E-state index in [9.17, 15) is 14.4 Å². The number of ether oxygens (including phenoxy) is 1. The van der Waals surface area contributed by atoms with Crippen molar-refractivity contribution < 1.29 is 19.1 Å². The number of hydrogen-bond donors (Lipinski definition) is 1. The molecule has 4 aromatic carbocycles. The van der Waals surface area contributed by atoms with Gasteiger partial charge in [-0.1, -0.05) is 78.9 Å². The number of para-hydroxylation sites is 1. The quantitative estimate of drug-likeness (QED) is 0.204. The van der Waals surface area contributed by atoms with E-state index in [4.69, 9.17) is 4.74 Å². The van der Waals surface area contributed by atoms with Gasteiger partial charge >= 0.3 is 6.03 Å². The van der Waals surface area contributed by atoms with E-state index in [2.05, 4.69) is 58.7 Å². The van der Waals surface area contributed by atoms with Gasteiger partial charge in [0, 0.05) is 36.2 Å². The largest absolute Gasteiger partial charge is 0.493 e. The molecule has 0 saturated carbocycles. The second-order valence-corrected chi connectivity index (χ2v) is 11.4. The molecule has 3 heterocycles. The van der Waals surface area contributed by atoms with Gasteiger partial charge in [0.05, 0.1) is 12.3 Å². The highest BCUT2D eigenvalue weighted by Gasteiger charge is 2.40. The van der Waals surface area contributed by atoms with Gasteiger partial charge in [-0.2, -0.15) is 0 Å². The lowest BCUT2D eigenvalue weighted by molar-refractivity contribution is -0.122. The molecule has 0 radical (unpaired) electrons. The predicted octanol–water partition coefficient (Wildman–Crippen LogP) is 6.63. The SMILES string of the molecule is CCOc1ccccc1/C=C1\C(=O)NC(=O)N(c2cc3c4c(c2)[C@@H](c2ccccc2)CCN4CC[C@@H]3c2ccccc2)C1=O. The van der Waals surface area contributed by atoms with E-state index in [-0.39, 0.29) is 17.4 Å². The number of nitrogens with zero attached hydrogens (tertiary/aromatic N) is 2. The lowest BCUT2D eigenvalue weighted by Gasteiger charge is -2.44. The van der Waals surface area contributed by atoms with Crippen LogP contribution in [0.1, 0.15) is 59.4 Å². The molecule has 220 valence electrons. The number of rotatable bonds is 6. The third kappa shape index (κ3) is 4.84. The third-order valence-corrected chi connectivity index (χ3v) is 8.88. The van der Waals surface area contributed by atoms with E-state index in [0.717, 1.165) is 42.0 Å². The Morgan fingerprint density at radius 3 is 1.95 bits per heavy atom. The molecule has 4 amide bonds. The predicted molar refractivity (Wildman–Crippen MR) is 171 cm³/mol. The second-order valence-electron chi connectivity index (χ2n) is 11.4. The Morgan fingerprint density at radius 1 is 0.795 bits per heavy atom. The van der Waals surface area contributed by atoms with E-state index < -0.39 is 17.8 Å². The van der Waals surface area contributed by atoms with Crippen LogP contribution in [0.2, 0.25) is 0 Å². The molecule has 2 atom stereocenters. The van der Waals surface area contributed by atoms with Crippen molar-refractivity contribution in [3.63, 3.8) is 0 Å². The molecule has 7 heteroatoms. The molecule has 7 rings (SSSR count). The molecule has 0 bridgehead atoms. The fourth-order valence-electron chi connectivity index (χ4n) is 6.90. The number of carbonyl (C=O) groups excluding carboxylic acids is 3. The van der Waals surface area contributed by atoms with Gasteiger partial charge in [0.1, 0.15) is 11.3 Å². The van der Waals surface area contributed by atoms with Crippen molar-refractivity contribution in [2.45, 2.75) is 31.6 Å². The lowest BCUT2D eigenvalue weighted by atomic mass is 9.76. The normalized spacial score (nSPS) is 20.4. The number of hydrogen-bond acceptors (Lipinski definition) is 5. The molecule has 7 nitrogen and oxygen atoms in total. The Kier molecular flexibility index (Phi) is 7.22. The Hall–Kier alpha value is -5.17. The summed E-state index contributed by atoms with van der Waals surface area (Å²) < 4.78 is 5.73. The smallest absolute Gasteiger partial charge is 0.335 e. The maximum absolute atomic E-state index is 14.1. The van der Waals surface area contributed by atoms with Crippen LogP contribution in [0.5, 0.6) is 5.75 Å². The zero-order chi connectivity index (χ0) is 30.2. The number of barbiturate groups is 1. The molecule has 1 N–H and O–H groups in total. The number of amides is 4. The van der Waals surface area contributed by atoms with Gasteiger partial charge < -0.3 is 9.64 Å². The molecule has 1 saturated heterocycles. The van der Waals surface area contributed by atoms with Crippen LogP contribution in [-0.2, 0) is 9.59 Å². The topological polar surface area (TPSA) is 79.0 Å². The van der Waals surface area contributed by atoms with Crippen LogP contribution in [0.15, 0.2) is 103 Å². The van der Waals surface area contributed by atoms with Crippen molar-refractivity contribution in [2.24, 2.45) is 0 Å². The molecule has 0 unspecified atom stereocenters. The van der Waals surface area contributed by atoms with Crippen LogP contribution >= 0.6 is 0 Å². The minimum Gasteiger partial charge on any atom is -0.493 e. The molecule has 3 aliphatic heterocycles. The first-order valence-corrected chi connectivity index (χ1v) is 15.2. The first kappa shape index (κ1) is 27.7. The van der Waals surface area contributed by atoms with Crippen LogP contribution < -0.4 is 19.9 Å². The zero-order valence-corrected chi connectivity index (χ0v) is 24.5. The van der Waals surface area contributed by atoms with Crippen LogP contribution in [0.3, 0.4) is 0 Å². The van der Waals surface area contributed by atoms with Gasteiger partial charge in [-0.3, -0.25) is 14.9 Å². The average molecular weight is 584 g/mol. The Bertz CT molecular complexity index is 1710. The maximum atomic E-state index is 14.1. The fourth-order valence-corrected chi connectivity index (χ4v) is 6.90. The first-order valence-electron chi connectivity index (χ1n) is 15.2. The maximum Gasteiger partial charge on any atom is 0.335 e. The summed E-state index contributed by atoms with van der Waals surface area (Å²) in [7, 11) is 0. The van der Waals surface area contributed by atoms with E-state index in [1.165, 1.54) is 22.9 Å². The van der Waals surface area contributed by atoms with E-state index in [1.54, 1.807) is 12.1 Å². The zero-order valence-electron chi connectivity index (χ0n) is 24.5. The van der Waals surface area contributed by atoms with Crippen LogP contribution in [0.4, 0.5) is 16.2 Å². The van der Waals surface area contributed by atoms with Crippen LogP contribution in [0.25, 0.3) is 6.08 Å². The number of urea groups is 1. The summed E-state index contributed by atoms with van der Waals surface area (Å²) in [6, 6.07) is 31.2. The summed E-state index contributed by atoms with van der Waals surface area (Å²) in [5.74, 6) is -0.617. The summed E-state index contributed by atoms with van der Waals surface area (Å²) in [6.45, 7) is 4.18. The van der Waals surface area contributed by atoms with Gasteiger partial charge in [0.25, 0.3) is 11.8 Å². The molecule has 4 aromatic rings. The third-order valence-electron chi connectivity index (χ3n) is 8.88. The van der Waals surface area contributed by atoms with E-state index in [1.807, 2.05) is 43.3 Å². The van der Waals surface area contributed by atoms with E-state index >= 15 is 0 Å². The summed E-state index contributed by atoms with van der Waals surface area (Å²) in [6.07, 6.45) is 3.35. The molecule has 44 heavy (non-hydrogen) atoms. The summed E-state index contributed by atoms with van der Waals surface area (Å²) in [5.41, 5.74) is 6.72. The molecule has 1 fully saturated rings. The Morgan fingerprint density at radius 2 is 1.36 bits per heavy atom. The Labute approximate surface area is 256 Å². The van der Waals surface area contributed by atoms with Gasteiger partial charge in [-0.15, -0.1) is 0 Å². The monoisotopic (exact) mass is 583 g/mol. The standard InChI is InChI=1S/C37H33N3O4/c1-2-44-33-16-10-9-15-26(33)21-32-35(41)38-37(43)40(36(32)42)27-22-30-28(24-11-5-3-6-12-24)17-19-39-20-18-29(31(23-27)34(30)39)25-13-7-4-8-14-25/h3-16,21-23,28-29H,2,17-20H2,1H3,(H,38,41,43)/b32-21+/t28-,29-/m1/s1. The summed E-state index contributed by atoms with van der Waals surface area (Å²) >= 11 is 0. The number of anilines is 2. The first-order chi connectivity index (χ1) is 21.5. The van der Waals surface area contributed by atoms with Crippen molar-refractivity contribution in [3.8, 4) is 5.75 Å². The van der Waals surface area contributed by atoms with E-state index in [0.29, 0.717) is 23.6 Å². The molecular weight excluding hydrogens is 550 g/mol. The van der Waals surface area contributed by atoms with Crippen molar-refractivity contribution >= 4 is 35.3 Å². The van der Waals surface area contributed by atoms with Crippen LogP contribution in [-0.4, -0.2) is 37.5 Å². The number of nitrogens with one attached hydrogen (secondary N) is 1. The number of imide groups is 2. The second kappa shape index (κ2) is 11.5. The minimum absolute atomic E-state index is 0.105. The number of carbonyl (C=O) groups is 3. The average Bonchev–Trinajstić information content (AvgIpc) is 3.05. The van der Waals surface area contributed by atoms with Crippen molar-refractivity contribution in [3.05, 3.63) is 130 Å². The highest BCUT2D eigenvalue weighted by atomic mass is 16.5. The van der Waals surface area contributed by atoms with Crippen molar-refractivity contribution in [1.82, 2.24) is 5.32 Å².